The van der Waals surface area contributed by atoms with Crippen LogP contribution in [-0.4, -0.2) is 33.6 Å². The zero-order valence-corrected chi connectivity index (χ0v) is 22.7. The first kappa shape index (κ1) is 25.6. The van der Waals surface area contributed by atoms with Crippen LogP contribution >= 0.6 is 0 Å². The number of pyridine rings is 1. The van der Waals surface area contributed by atoms with Crippen molar-refractivity contribution in [1.29, 1.82) is 0 Å². The van der Waals surface area contributed by atoms with E-state index >= 15 is 0 Å². The fraction of sp³-hybridized carbons (Fsp3) is 0.250. The number of aromatic nitrogens is 3. The molecular weight excluding hydrogens is 500 g/mol. The van der Waals surface area contributed by atoms with Gasteiger partial charge in [0.1, 0.15) is 5.69 Å². The molecule has 1 saturated carbocycles. The van der Waals surface area contributed by atoms with Crippen LogP contribution in [0.3, 0.4) is 0 Å². The summed E-state index contributed by atoms with van der Waals surface area (Å²) in [4.78, 5) is 26.2. The molecule has 202 valence electrons. The van der Waals surface area contributed by atoms with E-state index in [1.807, 2.05) is 54.6 Å². The number of ether oxygens (including phenoxy) is 1. The number of rotatable bonds is 6. The van der Waals surface area contributed by atoms with Crippen LogP contribution in [0.1, 0.15) is 39.0 Å². The highest BCUT2D eigenvalue weighted by molar-refractivity contribution is 5.89. The van der Waals surface area contributed by atoms with Gasteiger partial charge in [-0.05, 0) is 73.5 Å². The predicted molar refractivity (Wildman–Crippen MR) is 159 cm³/mol. The van der Waals surface area contributed by atoms with E-state index < -0.39 is 0 Å². The van der Waals surface area contributed by atoms with Gasteiger partial charge in [0.15, 0.2) is 0 Å². The number of methoxy groups -OCH3 is 1. The number of nitrogens with zero attached hydrogens (tertiary/aromatic N) is 4. The molecule has 0 atom stereocenters. The van der Waals surface area contributed by atoms with Gasteiger partial charge < -0.3 is 19.9 Å². The molecule has 2 aromatic carbocycles. The molecule has 8 heteroatoms. The second-order valence-corrected chi connectivity index (χ2v) is 10.1. The minimum absolute atomic E-state index is 0.0977. The van der Waals surface area contributed by atoms with Gasteiger partial charge in [-0.3, -0.25) is 9.79 Å². The molecule has 1 fully saturated rings. The lowest BCUT2D eigenvalue weighted by atomic mass is 9.96. The van der Waals surface area contributed by atoms with E-state index in [9.17, 15) is 4.79 Å². The maximum Gasteiger partial charge on any atom is 0.237 e. The van der Waals surface area contributed by atoms with E-state index in [-0.39, 0.29) is 11.9 Å². The van der Waals surface area contributed by atoms with Crippen molar-refractivity contribution in [3.63, 3.8) is 0 Å². The number of nitrogens with one attached hydrogen (secondary N) is 2. The molecule has 2 heterocycles. The van der Waals surface area contributed by atoms with Crippen molar-refractivity contribution < 1.29 is 9.53 Å². The van der Waals surface area contributed by atoms with Crippen LogP contribution < -0.4 is 20.7 Å². The predicted octanol–water partition coefficient (Wildman–Crippen LogP) is 6.47. The molecule has 6 rings (SSSR count). The fourth-order valence-corrected chi connectivity index (χ4v) is 5.42. The highest BCUT2D eigenvalue weighted by Crippen LogP contribution is 2.32. The number of amides is 1. The molecule has 2 aliphatic carbocycles. The lowest BCUT2D eigenvalue weighted by Crippen LogP contribution is -2.19. The average Bonchev–Trinajstić information content (AvgIpc) is 2.97. The SMILES string of the molecule is COc1ncccc1Nc1cc2nc3ccccc3n(-c3ccc(NC(C)=O)cc3)c-2c/c1=N\C1CCCCC1. The van der Waals surface area contributed by atoms with Gasteiger partial charge in [0.2, 0.25) is 11.8 Å². The molecule has 0 spiro atoms. The Bertz CT molecular complexity index is 1700. The Labute approximate surface area is 233 Å². The van der Waals surface area contributed by atoms with Gasteiger partial charge in [0, 0.05) is 24.5 Å². The van der Waals surface area contributed by atoms with Gasteiger partial charge in [-0.25, -0.2) is 9.97 Å². The summed E-state index contributed by atoms with van der Waals surface area (Å²) in [6.07, 6.45) is 7.57. The van der Waals surface area contributed by atoms with Gasteiger partial charge >= 0.3 is 0 Å². The highest BCUT2D eigenvalue weighted by Gasteiger charge is 2.19. The molecule has 1 aliphatic heterocycles. The molecule has 0 saturated heterocycles. The number of carbonyl (C=O) groups is 1. The van der Waals surface area contributed by atoms with Crippen LogP contribution in [0.4, 0.5) is 17.1 Å². The van der Waals surface area contributed by atoms with Crippen molar-refractivity contribution in [1.82, 2.24) is 14.5 Å². The number of anilines is 3. The summed E-state index contributed by atoms with van der Waals surface area (Å²) in [6.45, 7) is 1.51. The Morgan fingerprint density at radius 1 is 0.975 bits per heavy atom. The Balaban J connectivity index is 1.58. The summed E-state index contributed by atoms with van der Waals surface area (Å²) < 4.78 is 7.72. The summed E-state index contributed by atoms with van der Waals surface area (Å²) in [6, 6.07) is 24.3. The number of hydrogen-bond donors (Lipinski definition) is 2. The zero-order valence-electron chi connectivity index (χ0n) is 22.7. The van der Waals surface area contributed by atoms with E-state index in [2.05, 4.69) is 38.4 Å². The number of hydrogen-bond acceptors (Lipinski definition) is 6. The summed E-state index contributed by atoms with van der Waals surface area (Å²) in [5.74, 6) is 0.423. The Kier molecular flexibility index (Phi) is 7.14. The van der Waals surface area contributed by atoms with E-state index in [0.717, 1.165) is 63.4 Å². The van der Waals surface area contributed by atoms with Gasteiger partial charge in [0.05, 0.1) is 46.6 Å². The lowest BCUT2D eigenvalue weighted by Gasteiger charge is -2.22. The standard InChI is InChI=1S/C32H32N6O2/c1-21(39)34-23-14-16-24(17-15-23)38-30-13-7-6-11-25(30)36-29-19-27(37-26-12-8-18-33-32(26)40-2)28(20-31(29)38)35-22-9-4-3-5-10-22/h6-8,11-20,22,37H,3-5,9-10H2,1-2H3,(H,34,39)/b35-28+. The Morgan fingerprint density at radius 3 is 2.55 bits per heavy atom. The molecule has 3 aliphatic rings. The Hall–Kier alpha value is -4.72. The van der Waals surface area contributed by atoms with Gasteiger partial charge in [-0.1, -0.05) is 31.4 Å². The van der Waals surface area contributed by atoms with Crippen LogP contribution in [-0.2, 0) is 4.79 Å². The number of fused-ring (bicyclic) bond motifs is 2. The maximum atomic E-state index is 11.6. The van der Waals surface area contributed by atoms with Crippen LogP contribution in [0.25, 0.3) is 28.1 Å². The lowest BCUT2D eigenvalue weighted by molar-refractivity contribution is -0.114. The van der Waals surface area contributed by atoms with Crippen molar-refractivity contribution in [3.8, 4) is 23.0 Å². The average molecular weight is 533 g/mol. The summed E-state index contributed by atoms with van der Waals surface area (Å²) >= 11 is 0. The topological polar surface area (TPSA) is 93.4 Å². The summed E-state index contributed by atoms with van der Waals surface area (Å²) in [7, 11) is 1.62. The van der Waals surface area contributed by atoms with Crippen molar-refractivity contribution in [2.45, 2.75) is 45.1 Å². The van der Waals surface area contributed by atoms with E-state index in [1.54, 1.807) is 13.3 Å². The first-order valence-corrected chi connectivity index (χ1v) is 13.7. The largest absolute Gasteiger partial charge is 0.480 e. The molecule has 0 unspecified atom stereocenters. The first-order valence-electron chi connectivity index (χ1n) is 13.7. The minimum atomic E-state index is -0.0977. The van der Waals surface area contributed by atoms with Crippen molar-refractivity contribution in [3.05, 3.63) is 84.4 Å². The monoisotopic (exact) mass is 532 g/mol. The van der Waals surface area contributed by atoms with Crippen LogP contribution in [0.15, 0.2) is 84.0 Å². The quantitative estimate of drug-likeness (QED) is 0.245. The molecular formula is C32H32N6O2. The minimum Gasteiger partial charge on any atom is -0.480 e. The molecule has 0 bridgehead atoms. The smallest absolute Gasteiger partial charge is 0.237 e. The van der Waals surface area contributed by atoms with Crippen LogP contribution in [0.2, 0.25) is 0 Å². The number of para-hydroxylation sites is 2. The van der Waals surface area contributed by atoms with E-state index in [4.69, 9.17) is 14.7 Å². The number of benzene rings is 3. The molecule has 2 N–H and O–H groups in total. The van der Waals surface area contributed by atoms with E-state index in [0.29, 0.717) is 5.88 Å². The Morgan fingerprint density at radius 2 is 1.77 bits per heavy atom. The third-order valence-electron chi connectivity index (χ3n) is 7.27. The maximum absolute atomic E-state index is 11.6. The molecule has 0 radical (unpaired) electrons. The van der Waals surface area contributed by atoms with Crippen molar-refractivity contribution in [2.24, 2.45) is 4.99 Å². The number of carbonyl (C=O) groups excluding carboxylic acids is 1. The molecule has 40 heavy (non-hydrogen) atoms. The van der Waals surface area contributed by atoms with Crippen LogP contribution in [0, 0.1) is 0 Å². The van der Waals surface area contributed by atoms with Gasteiger partial charge in [-0.2, -0.15) is 0 Å². The summed E-state index contributed by atoms with van der Waals surface area (Å²) in [5.41, 5.74) is 7.00. The molecule has 8 nitrogen and oxygen atoms in total. The van der Waals surface area contributed by atoms with Crippen molar-refractivity contribution in [2.75, 3.05) is 17.7 Å². The fourth-order valence-electron chi connectivity index (χ4n) is 5.42. The zero-order chi connectivity index (χ0) is 27.5. The highest BCUT2D eigenvalue weighted by atomic mass is 16.5. The van der Waals surface area contributed by atoms with E-state index in [1.165, 1.54) is 26.2 Å². The third kappa shape index (κ3) is 5.25. The van der Waals surface area contributed by atoms with Gasteiger partial charge in [0.25, 0.3) is 0 Å². The molecule has 3 aromatic rings. The van der Waals surface area contributed by atoms with Crippen molar-refractivity contribution >= 4 is 34.0 Å². The molecule has 1 amide bonds. The third-order valence-corrected chi connectivity index (χ3v) is 7.27. The first-order chi connectivity index (χ1) is 19.6. The molecule has 1 aromatic heterocycles. The van der Waals surface area contributed by atoms with Gasteiger partial charge in [-0.15, -0.1) is 0 Å². The second-order valence-electron chi connectivity index (χ2n) is 10.1. The summed E-state index contributed by atoms with van der Waals surface area (Å²) in [5, 5.41) is 7.27. The van der Waals surface area contributed by atoms with Crippen LogP contribution in [0.5, 0.6) is 5.88 Å². The normalized spacial score (nSPS) is 14.4. The second kappa shape index (κ2) is 11.2.